The minimum atomic E-state index is -1.23. The average Bonchev–Trinajstić information content (AvgIpc) is 2.64. The van der Waals surface area contributed by atoms with Crippen LogP contribution in [0.15, 0.2) is 60.7 Å². The molecule has 0 bridgehead atoms. The van der Waals surface area contributed by atoms with Gasteiger partial charge in [0.15, 0.2) is 12.7 Å². The summed E-state index contributed by atoms with van der Waals surface area (Å²) in [6.07, 6.45) is -1.81. The van der Waals surface area contributed by atoms with Crippen molar-refractivity contribution >= 4 is 11.9 Å². The molecule has 128 valence electrons. The number of esters is 2. The van der Waals surface area contributed by atoms with Gasteiger partial charge < -0.3 is 14.6 Å². The van der Waals surface area contributed by atoms with Crippen LogP contribution in [0, 0.1) is 11.8 Å². The Balaban J connectivity index is 2.05. The Hall–Kier alpha value is -3.10. The molecule has 0 saturated heterocycles. The van der Waals surface area contributed by atoms with Crippen molar-refractivity contribution in [3.05, 3.63) is 71.8 Å². The Kier molecular flexibility index (Phi) is 6.76. The Labute approximate surface area is 146 Å². The lowest BCUT2D eigenvalue weighted by atomic mass is 10.0. The lowest BCUT2D eigenvalue weighted by molar-refractivity contribution is -0.151. The zero-order valence-electron chi connectivity index (χ0n) is 13.7. The molecule has 25 heavy (non-hydrogen) atoms. The van der Waals surface area contributed by atoms with E-state index in [2.05, 4.69) is 16.6 Å². The molecule has 0 amide bonds. The molecule has 2 rings (SSSR count). The quantitative estimate of drug-likeness (QED) is 0.514. The molecule has 5 heteroatoms. The van der Waals surface area contributed by atoms with E-state index in [1.165, 1.54) is 6.92 Å². The minimum absolute atomic E-state index is 0.291. The van der Waals surface area contributed by atoms with Crippen LogP contribution in [0.5, 0.6) is 0 Å². The van der Waals surface area contributed by atoms with Crippen LogP contribution in [0.3, 0.4) is 0 Å². The standard InChI is InChI=1S/C20H18O5/c1-15(21)20(23)24-14-8-13-18(22)25-19(16-9-4-2-5-10-16)17-11-6-3-7-12-17/h2-7,9-12,15,19,21H,14H2,1H3. The molecule has 5 nitrogen and oxygen atoms in total. The van der Waals surface area contributed by atoms with Gasteiger partial charge in [0, 0.05) is 5.92 Å². The highest BCUT2D eigenvalue weighted by atomic mass is 16.5. The summed E-state index contributed by atoms with van der Waals surface area (Å²) in [6.45, 7) is 0.995. The van der Waals surface area contributed by atoms with Gasteiger partial charge in [0.1, 0.15) is 6.10 Å². The highest BCUT2D eigenvalue weighted by molar-refractivity contribution is 5.88. The summed E-state index contributed by atoms with van der Waals surface area (Å²) in [4.78, 5) is 23.1. The summed E-state index contributed by atoms with van der Waals surface area (Å²) >= 11 is 0. The first kappa shape index (κ1) is 18.2. The number of aliphatic hydroxyl groups is 1. The largest absolute Gasteiger partial charge is 0.451 e. The molecule has 1 N–H and O–H groups in total. The van der Waals surface area contributed by atoms with E-state index in [4.69, 9.17) is 9.84 Å². The second kappa shape index (κ2) is 9.26. The number of carbonyl (C=O) groups excluding carboxylic acids is 2. The third-order valence-corrected chi connectivity index (χ3v) is 3.25. The molecule has 0 aromatic heterocycles. The number of benzene rings is 2. The lowest BCUT2D eigenvalue weighted by Crippen LogP contribution is -2.19. The number of hydrogen-bond acceptors (Lipinski definition) is 5. The van der Waals surface area contributed by atoms with Crippen LogP contribution < -0.4 is 0 Å². The number of aliphatic hydroxyl groups excluding tert-OH is 1. The van der Waals surface area contributed by atoms with Crippen LogP contribution >= 0.6 is 0 Å². The summed E-state index contributed by atoms with van der Waals surface area (Å²) in [7, 11) is 0. The van der Waals surface area contributed by atoms with Crippen LogP contribution in [0.1, 0.15) is 24.2 Å². The van der Waals surface area contributed by atoms with Gasteiger partial charge in [-0.15, -0.1) is 0 Å². The van der Waals surface area contributed by atoms with E-state index in [1.54, 1.807) is 0 Å². The predicted molar refractivity (Wildman–Crippen MR) is 91.2 cm³/mol. The summed E-state index contributed by atoms with van der Waals surface area (Å²) in [5.74, 6) is 3.15. The van der Waals surface area contributed by atoms with Gasteiger partial charge in [-0.25, -0.2) is 9.59 Å². The van der Waals surface area contributed by atoms with Crippen LogP contribution in [-0.2, 0) is 19.1 Å². The zero-order chi connectivity index (χ0) is 18.1. The maximum absolute atomic E-state index is 12.0. The first-order valence-corrected chi connectivity index (χ1v) is 7.72. The van der Waals surface area contributed by atoms with Crippen molar-refractivity contribution in [3.8, 4) is 11.8 Å². The second-order valence-electron chi connectivity index (χ2n) is 5.19. The molecule has 0 saturated carbocycles. The zero-order valence-corrected chi connectivity index (χ0v) is 13.7. The van der Waals surface area contributed by atoms with E-state index in [9.17, 15) is 9.59 Å². The van der Waals surface area contributed by atoms with Crippen LogP contribution in [0.25, 0.3) is 0 Å². The number of carbonyl (C=O) groups is 2. The van der Waals surface area contributed by atoms with Gasteiger partial charge in [-0.1, -0.05) is 60.7 Å². The van der Waals surface area contributed by atoms with Gasteiger partial charge in [0.2, 0.25) is 0 Å². The summed E-state index contributed by atoms with van der Waals surface area (Å²) in [6, 6.07) is 18.7. The molecular weight excluding hydrogens is 320 g/mol. The van der Waals surface area contributed by atoms with Gasteiger partial charge in [0.05, 0.1) is 0 Å². The SMILES string of the molecule is CC(O)C(=O)OCC#CC(=O)OC(c1ccccc1)c1ccccc1. The van der Waals surface area contributed by atoms with Crippen molar-refractivity contribution in [2.45, 2.75) is 19.1 Å². The summed E-state index contributed by atoms with van der Waals surface area (Å²) < 4.78 is 10.1. The van der Waals surface area contributed by atoms with Crippen molar-refractivity contribution in [2.24, 2.45) is 0 Å². The van der Waals surface area contributed by atoms with Crippen molar-refractivity contribution in [2.75, 3.05) is 6.61 Å². The Morgan fingerprint density at radius 3 is 2.00 bits per heavy atom. The van der Waals surface area contributed by atoms with Crippen molar-refractivity contribution < 1.29 is 24.2 Å². The molecule has 1 atom stereocenters. The minimum Gasteiger partial charge on any atom is -0.451 e. The van der Waals surface area contributed by atoms with Gasteiger partial charge in [-0.3, -0.25) is 0 Å². The van der Waals surface area contributed by atoms with Gasteiger partial charge >= 0.3 is 11.9 Å². The number of hydrogen-bond donors (Lipinski definition) is 1. The van der Waals surface area contributed by atoms with Gasteiger partial charge in [-0.05, 0) is 24.0 Å². The maximum atomic E-state index is 12.0. The first-order valence-electron chi connectivity index (χ1n) is 7.72. The first-order chi connectivity index (χ1) is 12.1. The van der Waals surface area contributed by atoms with Crippen molar-refractivity contribution in [1.82, 2.24) is 0 Å². The normalized spacial score (nSPS) is 11.2. The third kappa shape index (κ3) is 5.79. The van der Waals surface area contributed by atoms with E-state index in [0.717, 1.165) is 11.1 Å². The molecule has 0 fully saturated rings. The second-order valence-corrected chi connectivity index (χ2v) is 5.19. The van der Waals surface area contributed by atoms with Gasteiger partial charge in [-0.2, -0.15) is 0 Å². The van der Waals surface area contributed by atoms with E-state index in [1.807, 2.05) is 60.7 Å². The van der Waals surface area contributed by atoms with E-state index >= 15 is 0 Å². The fourth-order valence-corrected chi connectivity index (χ4v) is 2.06. The average molecular weight is 338 g/mol. The number of rotatable bonds is 5. The van der Waals surface area contributed by atoms with E-state index in [-0.39, 0.29) is 6.61 Å². The van der Waals surface area contributed by atoms with E-state index < -0.39 is 24.1 Å². The highest BCUT2D eigenvalue weighted by Gasteiger charge is 2.17. The highest BCUT2D eigenvalue weighted by Crippen LogP contribution is 2.25. The molecule has 0 aliphatic heterocycles. The van der Waals surface area contributed by atoms with Gasteiger partial charge in [0.25, 0.3) is 0 Å². The molecule has 2 aromatic rings. The summed E-state index contributed by atoms with van der Waals surface area (Å²) in [5.41, 5.74) is 1.65. The molecular formula is C20H18O5. The smallest absolute Gasteiger partial charge is 0.385 e. The van der Waals surface area contributed by atoms with Crippen molar-refractivity contribution in [3.63, 3.8) is 0 Å². The molecule has 2 aromatic carbocycles. The Morgan fingerprint density at radius 1 is 1.00 bits per heavy atom. The molecule has 0 heterocycles. The Morgan fingerprint density at radius 2 is 1.52 bits per heavy atom. The predicted octanol–water partition coefficient (Wildman–Crippen LogP) is 2.25. The topological polar surface area (TPSA) is 72.8 Å². The lowest BCUT2D eigenvalue weighted by Gasteiger charge is -2.17. The molecule has 0 radical (unpaired) electrons. The molecule has 0 aliphatic carbocycles. The fourth-order valence-electron chi connectivity index (χ4n) is 2.06. The van der Waals surface area contributed by atoms with Crippen LogP contribution in [0.2, 0.25) is 0 Å². The summed E-state index contributed by atoms with van der Waals surface area (Å²) in [5, 5.41) is 8.99. The van der Waals surface area contributed by atoms with Crippen molar-refractivity contribution in [1.29, 1.82) is 0 Å². The van der Waals surface area contributed by atoms with Crippen LogP contribution in [0.4, 0.5) is 0 Å². The molecule has 0 aliphatic rings. The molecule has 0 spiro atoms. The molecule has 1 unspecified atom stereocenters. The van der Waals surface area contributed by atoms with Crippen LogP contribution in [-0.4, -0.2) is 29.8 Å². The Bertz CT molecular complexity index is 717. The third-order valence-electron chi connectivity index (χ3n) is 3.25. The number of ether oxygens (including phenoxy) is 2. The van der Waals surface area contributed by atoms with E-state index in [0.29, 0.717) is 0 Å². The maximum Gasteiger partial charge on any atom is 0.385 e. The fraction of sp³-hybridized carbons (Fsp3) is 0.200. The monoisotopic (exact) mass is 338 g/mol.